The van der Waals surface area contributed by atoms with Crippen LogP contribution in [-0.4, -0.2) is 37.0 Å². The Bertz CT molecular complexity index is 858. The second-order valence-electron chi connectivity index (χ2n) is 7.30. The SMILES string of the molecule is CN(Cc1ccccc1)S(=O)(=O)c1ccc(SCC(=O)NC(C)(C)C)cc1. The van der Waals surface area contributed by atoms with Gasteiger partial charge in [-0.3, -0.25) is 4.79 Å². The monoisotopic (exact) mass is 406 g/mol. The van der Waals surface area contributed by atoms with E-state index in [1.54, 1.807) is 31.3 Å². The summed E-state index contributed by atoms with van der Waals surface area (Å²) in [5.41, 5.74) is 0.666. The van der Waals surface area contributed by atoms with E-state index in [0.29, 0.717) is 6.54 Å². The predicted octanol–water partition coefficient (Wildman–Crippen LogP) is 3.51. The van der Waals surface area contributed by atoms with Crippen LogP contribution in [-0.2, 0) is 21.4 Å². The molecule has 0 saturated carbocycles. The normalized spacial score (nSPS) is 12.2. The van der Waals surface area contributed by atoms with Crippen molar-refractivity contribution in [1.29, 1.82) is 0 Å². The molecule has 2 aromatic carbocycles. The highest BCUT2D eigenvalue weighted by Gasteiger charge is 2.21. The molecule has 0 aliphatic heterocycles. The Morgan fingerprint density at radius 3 is 2.19 bits per heavy atom. The Morgan fingerprint density at radius 2 is 1.63 bits per heavy atom. The molecule has 0 aromatic heterocycles. The lowest BCUT2D eigenvalue weighted by atomic mass is 10.1. The van der Waals surface area contributed by atoms with E-state index in [2.05, 4.69) is 5.32 Å². The van der Waals surface area contributed by atoms with E-state index in [9.17, 15) is 13.2 Å². The number of benzene rings is 2. The molecular weight excluding hydrogens is 380 g/mol. The largest absolute Gasteiger partial charge is 0.351 e. The van der Waals surface area contributed by atoms with Gasteiger partial charge in [0, 0.05) is 24.0 Å². The fourth-order valence-electron chi connectivity index (χ4n) is 2.42. The van der Waals surface area contributed by atoms with Gasteiger partial charge in [-0.2, -0.15) is 4.31 Å². The van der Waals surface area contributed by atoms with Gasteiger partial charge in [-0.05, 0) is 50.6 Å². The number of amides is 1. The summed E-state index contributed by atoms with van der Waals surface area (Å²) in [6.45, 7) is 6.11. The molecule has 0 radical (unpaired) electrons. The number of hydrogen-bond acceptors (Lipinski definition) is 4. The Hall–Kier alpha value is -1.83. The molecule has 0 bridgehead atoms. The Labute approximate surface area is 166 Å². The summed E-state index contributed by atoms with van der Waals surface area (Å²) < 4.78 is 26.8. The summed E-state index contributed by atoms with van der Waals surface area (Å²) in [5, 5.41) is 2.90. The number of rotatable bonds is 7. The Kier molecular flexibility index (Phi) is 7.08. The average molecular weight is 407 g/mol. The molecule has 7 heteroatoms. The lowest BCUT2D eigenvalue weighted by Crippen LogP contribution is -2.41. The van der Waals surface area contributed by atoms with Crippen LogP contribution in [0.5, 0.6) is 0 Å². The first kappa shape index (κ1) is 21.5. The fourth-order valence-corrected chi connectivity index (χ4v) is 4.27. The van der Waals surface area contributed by atoms with Crippen molar-refractivity contribution in [2.75, 3.05) is 12.8 Å². The van der Waals surface area contributed by atoms with Crippen molar-refractivity contribution in [3.8, 4) is 0 Å². The van der Waals surface area contributed by atoms with Crippen LogP contribution in [0, 0.1) is 0 Å². The van der Waals surface area contributed by atoms with Gasteiger partial charge in [0.2, 0.25) is 15.9 Å². The molecular formula is C20H26N2O3S2. The van der Waals surface area contributed by atoms with Crippen molar-refractivity contribution in [3.63, 3.8) is 0 Å². The maximum absolute atomic E-state index is 12.7. The first-order valence-corrected chi connectivity index (χ1v) is 11.0. The number of thioether (sulfide) groups is 1. The number of hydrogen-bond donors (Lipinski definition) is 1. The van der Waals surface area contributed by atoms with Crippen LogP contribution in [0.3, 0.4) is 0 Å². The van der Waals surface area contributed by atoms with Gasteiger partial charge in [0.15, 0.2) is 0 Å². The van der Waals surface area contributed by atoms with E-state index >= 15 is 0 Å². The van der Waals surface area contributed by atoms with E-state index in [4.69, 9.17) is 0 Å². The molecule has 0 atom stereocenters. The quantitative estimate of drug-likeness (QED) is 0.715. The third-order valence-electron chi connectivity index (χ3n) is 3.66. The zero-order valence-corrected chi connectivity index (χ0v) is 17.7. The fraction of sp³-hybridized carbons (Fsp3) is 0.350. The van der Waals surface area contributed by atoms with Gasteiger partial charge in [-0.1, -0.05) is 30.3 Å². The molecule has 146 valence electrons. The summed E-state index contributed by atoms with van der Waals surface area (Å²) in [5.74, 6) is 0.240. The number of sulfonamides is 1. The van der Waals surface area contributed by atoms with Crippen molar-refractivity contribution >= 4 is 27.7 Å². The highest BCUT2D eigenvalue weighted by Crippen LogP contribution is 2.22. The molecule has 0 spiro atoms. The summed E-state index contributed by atoms with van der Waals surface area (Å²) in [6.07, 6.45) is 0. The van der Waals surface area contributed by atoms with Crippen LogP contribution < -0.4 is 5.32 Å². The molecule has 0 unspecified atom stereocenters. The molecule has 0 fully saturated rings. The summed E-state index contributed by atoms with van der Waals surface area (Å²) in [4.78, 5) is 13.0. The van der Waals surface area contributed by atoms with Crippen LogP contribution >= 0.6 is 11.8 Å². The van der Waals surface area contributed by atoms with Gasteiger partial charge in [-0.15, -0.1) is 11.8 Å². The van der Waals surface area contributed by atoms with E-state index in [0.717, 1.165) is 10.5 Å². The Balaban J connectivity index is 1.99. The lowest BCUT2D eigenvalue weighted by Gasteiger charge is -2.20. The van der Waals surface area contributed by atoms with Crippen molar-refractivity contribution in [3.05, 3.63) is 60.2 Å². The highest BCUT2D eigenvalue weighted by atomic mass is 32.2. The number of nitrogens with zero attached hydrogens (tertiary/aromatic N) is 1. The second kappa shape index (κ2) is 8.91. The second-order valence-corrected chi connectivity index (χ2v) is 10.4. The minimum Gasteiger partial charge on any atom is -0.351 e. The highest BCUT2D eigenvalue weighted by molar-refractivity contribution is 8.00. The van der Waals surface area contributed by atoms with Crippen molar-refractivity contribution in [1.82, 2.24) is 9.62 Å². The van der Waals surface area contributed by atoms with Crippen molar-refractivity contribution < 1.29 is 13.2 Å². The third kappa shape index (κ3) is 6.68. The molecule has 0 aliphatic rings. The topological polar surface area (TPSA) is 66.5 Å². The van der Waals surface area contributed by atoms with Crippen LogP contribution in [0.25, 0.3) is 0 Å². The van der Waals surface area contributed by atoms with Crippen LogP contribution in [0.1, 0.15) is 26.3 Å². The molecule has 0 aliphatic carbocycles. The first-order chi connectivity index (χ1) is 12.6. The lowest BCUT2D eigenvalue weighted by molar-refractivity contribution is -0.119. The summed E-state index contributed by atoms with van der Waals surface area (Å²) >= 11 is 1.38. The van der Waals surface area contributed by atoms with Gasteiger partial charge in [0.05, 0.1) is 10.6 Å². The molecule has 0 saturated heterocycles. The van der Waals surface area contributed by atoms with Crippen molar-refractivity contribution in [2.24, 2.45) is 0 Å². The minimum absolute atomic E-state index is 0.0493. The number of carbonyl (C=O) groups is 1. The maximum atomic E-state index is 12.7. The molecule has 2 rings (SSSR count). The van der Waals surface area contributed by atoms with E-state index in [-0.39, 0.29) is 22.1 Å². The molecule has 5 nitrogen and oxygen atoms in total. The molecule has 1 N–H and O–H groups in total. The van der Waals surface area contributed by atoms with Gasteiger partial charge < -0.3 is 5.32 Å². The summed E-state index contributed by atoms with van der Waals surface area (Å²) in [7, 11) is -1.99. The average Bonchev–Trinajstić information content (AvgIpc) is 2.59. The molecule has 27 heavy (non-hydrogen) atoms. The molecule has 0 heterocycles. The van der Waals surface area contributed by atoms with Crippen LogP contribution in [0.4, 0.5) is 0 Å². The maximum Gasteiger partial charge on any atom is 0.243 e. The van der Waals surface area contributed by atoms with Gasteiger partial charge in [-0.25, -0.2) is 8.42 Å². The Morgan fingerprint density at radius 1 is 1.04 bits per heavy atom. The summed E-state index contributed by atoms with van der Waals surface area (Å²) in [6, 6.07) is 16.1. The minimum atomic E-state index is -3.56. The van der Waals surface area contributed by atoms with E-state index < -0.39 is 10.0 Å². The van der Waals surface area contributed by atoms with E-state index in [1.165, 1.54) is 16.1 Å². The van der Waals surface area contributed by atoms with Crippen LogP contribution in [0.15, 0.2) is 64.4 Å². The van der Waals surface area contributed by atoms with Crippen molar-refractivity contribution in [2.45, 2.75) is 42.6 Å². The molecule has 1 amide bonds. The molecule has 2 aromatic rings. The van der Waals surface area contributed by atoms with Gasteiger partial charge in [0.1, 0.15) is 0 Å². The van der Waals surface area contributed by atoms with Gasteiger partial charge in [0.25, 0.3) is 0 Å². The zero-order chi connectivity index (χ0) is 20.1. The van der Waals surface area contributed by atoms with Crippen LogP contribution in [0.2, 0.25) is 0 Å². The first-order valence-electron chi connectivity index (χ1n) is 8.62. The number of nitrogens with one attached hydrogen (secondary N) is 1. The standard InChI is InChI=1S/C20H26N2O3S2/c1-20(2,3)21-19(23)15-26-17-10-12-18(13-11-17)27(24,25)22(4)14-16-8-6-5-7-9-16/h5-13H,14-15H2,1-4H3,(H,21,23). The zero-order valence-electron chi connectivity index (χ0n) is 16.1. The smallest absolute Gasteiger partial charge is 0.243 e. The predicted molar refractivity (Wildman–Crippen MR) is 110 cm³/mol. The van der Waals surface area contributed by atoms with Gasteiger partial charge >= 0.3 is 0 Å². The number of carbonyl (C=O) groups excluding carboxylic acids is 1. The van der Waals surface area contributed by atoms with E-state index in [1.807, 2.05) is 51.1 Å². The third-order valence-corrected chi connectivity index (χ3v) is 6.49.